The van der Waals surface area contributed by atoms with E-state index in [1.807, 2.05) is 0 Å². The molecule has 0 fully saturated rings. The van der Waals surface area contributed by atoms with Crippen molar-refractivity contribution < 1.29 is 4.92 Å². The summed E-state index contributed by atoms with van der Waals surface area (Å²) in [7, 11) is 0. The first-order valence-electron chi connectivity index (χ1n) is 3.55. The Morgan fingerprint density at radius 2 is 1.92 bits per heavy atom. The zero-order chi connectivity index (χ0) is 8.97. The van der Waals surface area contributed by atoms with Crippen LogP contribution in [-0.2, 0) is 6.42 Å². The van der Waals surface area contributed by atoms with E-state index in [-0.39, 0.29) is 5.69 Å². The molecule has 0 aliphatic rings. The first-order valence-corrected chi connectivity index (χ1v) is 4.13. The third-order valence-electron chi connectivity index (χ3n) is 1.54. The van der Waals surface area contributed by atoms with E-state index in [0.717, 1.165) is 12.0 Å². The molecule has 0 aromatic heterocycles. The number of hydrogen-bond donors (Lipinski definition) is 0. The van der Waals surface area contributed by atoms with Crippen LogP contribution in [0.3, 0.4) is 0 Å². The van der Waals surface area contributed by atoms with E-state index in [2.05, 4.69) is 0 Å². The van der Waals surface area contributed by atoms with Crippen LogP contribution in [0, 0.1) is 10.1 Å². The molecule has 0 heterocycles. The van der Waals surface area contributed by atoms with Gasteiger partial charge in [-0.25, -0.2) is 0 Å². The van der Waals surface area contributed by atoms with E-state index in [9.17, 15) is 10.1 Å². The highest BCUT2D eigenvalue weighted by Gasteiger charge is 2.02. The number of nitro benzene ring substituents is 1. The van der Waals surface area contributed by atoms with Gasteiger partial charge in [0.1, 0.15) is 0 Å². The Bertz CT molecular complexity index is 271. The SMILES string of the molecule is O=[N+]([O-])c1ccc(CC[S])cc1. The maximum Gasteiger partial charge on any atom is 0.269 e. The van der Waals surface area contributed by atoms with Crippen LogP contribution < -0.4 is 0 Å². The van der Waals surface area contributed by atoms with Gasteiger partial charge in [0.05, 0.1) is 4.92 Å². The maximum absolute atomic E-state index is 10.3. The van der Waals surface area contributed by atoms with Gasteiger partial charge in [-0.05, 0) is 12.0 Å². The lowest BCUT2D eigenvalue weighted by molar-refractivity contribution is -0.384. The third kappa shape index (κ3) is 2.23. The van der Waals surface area contributed by atoms with Crippen LogP contribution >= 0.6 is 12.6 Å². The molecular weight excluding hydrogens is 174 g/mol. The number of non-ortho nitro benzene ring substituents is 1. The molecule has 1 radical (unpaired) electrons. The Labute approximate surface area is 76.0 Å². The lowest BCUT2D eigenvalue weighted by Gasteiger charge is -1.95. The molecular formula is C8H8NO2S. The topological polar surface area (TPSA) is 43.1 Å². The van der Waals surface area contributed by atoms with Crippen molar-refractivity contribution in [3.8, 4) is 0 Å². The van der Waals surface area contributed by atoms with Crippen LogP contribution in [-0.4, -0.2) is 10.7 Å². The minimum absolute atomic E-state index is 0.128. The summed E-state index contributed by atoms with van der Waals surface area (Å²) in [6.45, 7) is 0. The average Bonchev–Trinajstić information content (AvgIpc) is 2.06. The highest BCUT2D eigenvalue weighted by molar-refractivity contribution is 7.80. The van der Waals surface area contributed by atoms with Crippen LogP contribution in [0.2, 0.25) is 0 Å². The third-order valence-corrected chi connectivity index (χ3v) is 1.74. The van der Waals surface area contributed by atoms with Gasteiger partial charge in [-0.15, -0.1) is 0 Å². The second-order valence-corrected chi connectivity index (χ2v) is 2.79. The van der Waals surface area contributed by atoms with E-state index in [1.165, 1.54) is 12.1 Å². The molecule has 63 valence electrons. The molecule has 0 N–H and O–H groups in total. The van der Waals surface area contributed by atoms with E-state index in [0.29, 0.717) is 5.75 Å². The van der Waals surface area contributed by atoms with Gasteiger partial charge in [0.25, 0.3) is 5.69 Å². The van der Waals surface area contributed by atoms with Crippen LogP contribution in [0.4, 0.5) is 5.69 Å². The van der Waals surface area contributed by atoms with Gasteiger partial charge in [0, 0.05) is 17.9 Å². The Kier molecular flexibility index (Phi) is 3.10. The monoisotopic (exact) mass is 182 g/mol. The van der Waals surface area contributed by atoms with Gasteiger partial charge < -0.3 is 0 Å². The number of aryl methyl sites for hydroxylation is 1. The highest BCUT2D eigenvalue weighted by atomic mass is 32.1. The second kappa shape index (κ2) is 4.11. The minimum Gasteiger partial charge on any atom is -0.258 e. The predicted molar refractivity (Wildman–Crippen MR) is 49.3 cm³/mol. The van der Waals surface area contributed by atoms with Gasteiger partial charge in [-0.1, -0.05) is 24.8 Å². The first-order chi connectivity index (χ1) is 5.74. The summed E-state index contributed by atoms with van der Waals surface area (Å²) < 4.78 is 0. The lowest BCUT2D eigenvalue weighted by Crippen LogP contribution is -1.89. The molecule has 0 amide bonds. The summed E-state index contributed by atoms with van der Waals surface area (Å²) in [5.41, 5.74) is 1.18. The molecule has 4 heteroatoms. The van der Waals surface area contributed by atoms with Crippen molar-refractivity contribution in [1.82, 2.24) is 0 Å². The van der Waals surface area contributed by atoms with Crippen molar-refractivity contribution >= 4 is 18.3 Å². The molecule has 3 nitrogen and oxygen atoms in total. The summed E-state index contributed by atoms with van der Waals surface area (Å²) in [5, 5.41) is 10.3. The van der Waals surface area contributed by atoms with Crippen molar-refractivity contribution in [1.29, 1.82) is 0 Å². The molecule has 0 aliphatic carbocycles. The largest absolute Gasteiger partial charge is 0.269 e. The van der Waals surface area contributed by atoms with E-state index < -0.39 is 4.92 Å². The average molecular weight is 182 g/mol. The van der Waals surface area contributed by atoms with Crippen molar-refractivity contribution in [2.24, 2.45) is 0 Å². The minimum atomic E-state index is -0.405. The smallest absolute Gasteiger partial charge is 0.258 e. The van der Waals surface area contributed by atoms with Crippen molar-refractivity contribution in [3.63, 3.8) is 0 Å². The molecule has 0 spiro atoms. The number of rotatable bonds is 3. The van der Waals surface area contributed by atoms with E-state index in [1.54, 1.807) is 12.1 Å². The molecule has 1 aromatic carbocycles. The molecule has 1 aromatic rings. The normalized spacial score (nSPS) is 9.75. The summed E-state index contributed by atoms with van der Waals surface area (Å²) >= 11 is 4.78. The number of nitrogens with zero attached hydrogens (tertiary/aromatic N) is 1. The van der Waals surface area contributed by atoms with Crippen molar-refractivity contribution in [3.05, 3.63) is 39.9 Å². The zero-order valence-corrected chi connectivity index (χ0v) is 7.21. The van der Waals surface area contributed by atoms with Gasteiger partial charge in [0.2, 0.25) is 0 Å². The van der Waals surface area contributed by atoms with Gasteiger partial charge >= 0.3 is 0 Å². The molecule has 0 bridgehead atoms. The van der Waals surface area contributed by atoms with Crippen molar-refractivity contribution in [2.45, 2.75) is 6.42 Å². The maximum atomic E-state index is 10.3. The molecule has 0 aliphatic heterocycles. The Morgan fingerprint density at radius 1 is 1.33 bits per heavy atom. The fourth-order valence-electron chi connectivity index (χ4n) is 0.902. The molecule has 1 rings (SSSR count). The molecule has 12 heavy (non-hydrogen) atoms. The van der Waals surface area contributed by atoms with Crippen molar-refractivity contribution in [2.75, 3.05) is 5.75 Å². The Hall–Kier alpha value is -1.03. The zero-order valence-electron chi connectivity index (χ0n) is 6.40. The summed E-state index contributed by atoms with van der Waals surface area (Å²) in [6.07, 6.45) is 0.799. The fourth-order valence-corrected chi connectivity index (χ4v) is 1.14. The van der Waals surface area contributed by atoms with E-state index in [4.69, 9.17) is 12.6 Å². The van der Waals surface area contributed by atoms with Crippen LogP contribution in [0.15, 0.2) is 24.3 Å². The second-order valence-electron chi connectivity index (χ2n) is 2.38. The highest BCUT2D eigenvalue weighted by Crippen LogP contribution is 2.12. The number of nitro groups is 1. The summed E-state index contributed by atoms with van der Waals surface area (Å²) in [4.78, 5) is 9.85. The van der Waals surface area contributed by atoms with Gasteiger partial charge in [-0.2, -0.15) is 0 Å². The quantitative estimate of drug-likeness (QED) is 0.532. The van der Waals surface area contributed by atoms with Gasteiger partial charge in [-0.3, -0.25) is 10.1 Å². The van der Waals surface area contributed by atoms with Crippen LogP contribution in [0.25, 0.3) is 0 Å². The summed E-state index contributed by atoms with van der Waals surface area (Å²) in [6, 6.07) is 6.48. The standard InChI is InChI=1S/C8H8NO2S/c10-9(11)8-3-1-7(2-4-8)5-6-12/h1-4H,5-6H2. The molecule has 0 unspecified atom stereocenters. The Balaban J connectivity index is 2.78. The molecule has 0 saturated carbocycles. The van der Waals surface area contributed by atoms with E-state index >= 15 is 0 Å². The Morgan fingerprint density at radius 3 is 2.33 bits per heavy atom. The van der Waals surface area contributed by atoms with Crippen LogP contribution in [0.5, 0.6) is 0 Å². The van der Waals surface area contributed by atoms with Gasteiger partial charge in [0.15, 0.2) is 0 Å². The van der Waals surface area contributed by atoms with Crippen LogP contribution in [0.1, 0.15) is 5.56 Å². The lowest BCUT2D eigenvalue weighted by atomic mass is 10.1. The first kappa shape index (κ1) is 9.06. The number of benzene rings is 1. The predicted octanol–water partition coefficient (Wildman–Crippen LogP) is 2.33. The fraction of sp³-hybridized carbons (Fsp3) is 0.250. The summed E-state index contributed by atoms with van der Waals surface area (Å²) in [5.74, 6) is 0.651. The number of hydrogen-bond acceptors (Lipinski definition) is 2. The molecule has 0 atom stereocenters. The molecule has 0 saturated heterocycles.